The minimum absolute atomic E-state index is 0.552. The fourth-order valence-corrected chi connectivity index (χ4v) is 1.09. The molecule has 0 aliphatic rings. The number of aromatic nitrogens is 4. The molecule has 2 aromatic rings. The van der Waals surface area contributed by atoms with E-state index in [2.05, 4.69) is 15.0 Å². The molecule has 5 nitrogen and oxygen atoms in total. The van der Waals surface area contributed by atoms with Crippen molar-refractivity contribution in [3.63, 3.8) is 0 Å². The minimum atomic E-state index is 0.552. The van der Waals surface area contributed by atoms with Crippen LogP contribution in [0, 0.1) is 6.92 Å². The standard InChI is InChI=1S/C7H9N5/c1-5-9-2-3-12(5)7-6(8)10-4-11-7/h2-4H,8H2,1H3,(H,10,11). The quantitative estimate of drug-likeness (QED) is 0.642. The van der Waals surface area contributed by atoms with Gasteiger partial charge in [0.2, 0.25) is 0 Å². The first kappa shape index (κ1) is 6.90. The van der Waals surface area contributed by atoms with Crippen LogP contribution in [0.25, 0.3) is 5.82 Å². The highest BCUT2D eigenvalue weighted by molar-refractivity contribution is 5.46. The van der Waals surface area contributed by atoms with Gasteiger partial charge < -0.3 is 10.7 Å². The maximum atomic E-state index is 5.63. The predicted molar refractivity (Wildman–Crippen MR) is 44.9 cm³/mol. The molecule has 0 bridgehead atoms. The predicted octanol–water partition coefficient (Wildman–Crippen LogP) is 0.486. The number of imidazole rings is 2. The van der Waals surface area contributed by atoms with E-state index in [0.29, 0.717) is 11.6 Å². The van der Waals surface area contributed by atoms with E-state index < -0.39 is 0 Å². The molecule has 0 saturated heterocycles. The van der Waals surface area contributed by atoms with Crippen LogP contribution in [0.5, 0.6) is 0 Å². The third kappa shape index (κ3) is 0.868. The Morgan fingerprint density at radius 1 is 1.50 bits per heavy atom. The molecule has 2 rings (SSSR count). The monoisotopic (exact) mass is 163 g/mol. The van der Waals surface area contributed by atoms with Crippen molar-refractivity contribution in [2.75, 3.05) is 5.73 Å². The van der Waals surface area contributed by atoms with Crippen molar-refractivity contribution in [2.24, 2.45) is 0 Å². The third-order valence-corrected chi connectivity index (χ3v) is 1.70. The Balaban J connectivity index is 2.57. The second-order valence-electron chi connectivity index (χ2n) is 2.48. The van der Waals surface area contributed by atoms with Gasteiger partial charge in [-0.1, -0.05) is 0 Å². The first-order valence-corrected chi connectivity index (χ1v) is 3.58. The maximum absolute atomic E-state index is 5.63. The summed E-state index contributed by atoms with van der Waals surface area (Å²) >= 11 is 0. The zero-order valence-corrected chi connectivity index (χ0v) is 6.65. The highest BCUT2D eigenvalue weighted by Crippen LogP contribution is 2.12. The molecule has 0 aliphatic carbocycles. The van der Waals surface area contributed by atoms with Crippen LogP contribution in [0.3, 0.4) is 0 Å². The fourth-order valence-electron chi connectivity index (χ4n) is 1.09. The third-order valence-electron chi connectivity index (χ3n) is 1.70. The molecule has 0 fully saturated rings. The van der Waals surface area contributed by atoms with Crippen molar-refractivity contribution in [3.8, 4) is 5.82 Å². The Hall–Kier alpha value is -1.78. The van der Waals surface area contributed by atoms with Gasteiger partial charge in [0.25, 0.3) is 0 Å². The SMILES string of the molecule is Cc1nccn1-c1nc[nH]c1N. The van der Waals surface area contributed by atoms with Crippen molar-refractivity contribution in [1.82, 2.24) is 19.5 Å². The van der Waals surface area contributed by atoms with Crippen molar-refractivity contribution in [3.05, 3.63) is 24.5 Å². The Morgan fingerprint density at radius 3 is 2.83 bits per heavy atom. The number of nitrogens with one attached hydrogen (secondary N) is 1. The van der Waals surface area contributed by atoms with Crippen LogP contribution >= 0.6 is 0 Å². The molecule has 0 saturated carbocycles. The molecule has 0 aliphatic heterocycles. The van der Waals surface area contributed by atoms with Gasteiger partial charge in [-0.25, -0.2) is 9.97 Å². The molecule has 62 valence electrons. The number of nitrogen functional groups attached to an aromatic ring is 1. The number of nitrogens with two attached hydrogens (primary N) is 1. The highest BCUT2D eigenvalue weighted by atomic mass is 15.2. The van der Waals surface area contributed by atoms with Gasteiger partial charge in [0, 0.05) is 12.4 Å². The summed E-state index contributed by atoms with van der Waals surface area (Å²) in [6.45, 7) is 1.90. The van der Waals surface area contributed by atoms with Crippen LogP contribution in [-0.4, -0.2) is 19.5 Å². The summed E-state index contributed by atoms with van der Waals surface area (Å²) in [6, 6.07) is 0. The fraction of sp³-hybridized carbons (Fsp3) is 0.143. The summed E-state index contributed by atoms with van der Waals surface area (Å²) < 4.78 is 1.83. The van der Waals surface area contributed by atoms with E-state index in [9.17, 15) is 0 Å². The average Bonchev–Trinajstić information content (AvgIpc) is 2.59. The first-order valence-electron chi connectivity index (χ1n) is 3.58. The van der Waals surface area contributed by atoms with Gasteiger partial charge in [-0.2, -0.15) is 0 Å². The molecule has 12 heavy (non-hydrogen) atoms. The summed E-state index contributed by atoms with van der Waals surface area (Å²) in [6.07, 6.45) is 5.09. The Labute approximate surface area is 69.3 Å². The number of nitrogens with zero attached hydrogens (tertiary/aromatic N) is 3. The smallest absolute Gasteiger partial charge is 0.180 e. The van der Waals surface area contributed by atoms with Gasteiger partial charge >= 0.3 is 0 Å². The molecule has 0 aromatic carbocycles. The van der Waals surface area contributed by atoms with Crippen molar-refractivity contribution >= 4 is 5.82 Å². The van der Waals surface area contributed by atoms with Crippen LogP contribution in [-0.2, 0) is 0 Å². The van der Waals surface area contributed by atoms with E-state index in [-0.39, 0.29) is 0 Å². The topological polar surface area (TPSA) is 72.5 Å². The van der Waals surface area contributed by atoms with Gasteiger partial charge in [-0.05, 0) is 6.92 Å². The van der Waals surface area contributed by atoms with Gasteiger partial charge in [0.15, 0.2) is 5.82 Å². The number of aromatic amines is 1. The largest absolute Gasteiger partial charge is 0.382 e. The van der Waals surface area contributed by atoms with E-state index in [4.69, 9.17) is 5.73 Å². The van der Waals surface area contributed by atoms with Crippen molar-refractivity contribution in [1.29, 1.82) is 0 Å². The lowest BCUT2D eigenvalue weighted by Crippen LogP contribution is -1.99. The minimum Gasteiger partial charge on any atom is -0.382 e. The van der Waals surface area contributed by atoms with E-state index >= 15 is 0 Å². The first-order chi connectivity index (χ1) is 5.79. The van der Waals surface area contributed by atoms with Crippen molar-refractivity contribution in [2.45, 2.75) is 6.92 Å². The lowest BCUT2D eigenvalue weighted by atomic mass is 10.6. The summed E-state index contributed by atoms with van der Waals surface area (Å²) in [4.78, 5) is 10.9. The Morgan fingerprint density at radius 2 is 2.33 bits per heavy atom. The molecular weight excluding hydrogens is 154 g/mol. The maximum Gasteiger partial charge on any atom is 0.180 e. The summed E-state index contributed by atoms with van der Waals surface area (Å²) in [5.41, 5.74) is 5.63. The van der Waals surface area contributed by atoms with Crippen LogP contribution in [0.15, 0.2) is 18.7 Å². The van der Waals surface area contributed by atoms with Crippen LogP contribution < -0.4 is 5.73 Å². The van der Waals surface area contributed by atoms with Gasteiger partial charge in [-0.15, -0.1) is 0 Å². The van der Waals surface area contributed by atoms with E-state index in [1.54, 1.807) is 12.5 Å². The Bertz CT molecular complexity index is 348. The number of anilines is 1. The molecule has 0 atom stereocenters. The number of hydrogen-bond acceptors (Lipinski definition) is 3. The van der Waals surface area contributed by atoms with Crippen LogP contribution in [0.1, 0.15) is 5.82 Å². The highest BCUT2D eigenvalue weighted by Gasteiger charge is 2.05. The van der Waals surface area contributed by atoms with E-state index in [1.165, 1.54) is 0 Å². The number of hydrogen-bond donors (Lipinski definition) is 2. The molecule has 5 heteroatoms. The summed E-state index contributed by atoms with van der Waals surface area (Å²) in [5, 5.41) is 0. The zero-order valence-electron chi connectivity index (χ0n) is 6.65. The van der Waals surface area contributed by atoms with Crippen LogP contribution in [0.2, 0.25) is 0 Å². The molecular formula is C7H9N5. The van der Waals surface area contributed by atoms with Crippen LogP contribution in [0.4, 0.5) is 5.82 Å². The second-order valence-corrected chi connectivity index (χ2v) is 2.48. The number of H-pyrrole nitrogens is 1. The summed E-state index contributed by atoms with van der Waals surface area (Å²) in [5.74, 6) is 2.12. The second kappa shape index (κ2) is 2.37. The zero-order chi connectivity index (χ0) is 8.55. The average molecular weight is 163 g/mol. The van der Waals surface area contributed by atoms with Gasteiger partial charge in [0.05, 0.1) is 6.33 Å². The molecule has 0 radical (unpaired) electrons. The van der Waals surface area contributed by atoms with Gasteiger partial charge in [0.1, 0.15) is 11.6 Å². The lowest BCUT2D eigenvalue weighted by Gasteiger charge is -1.99. The van der Waals surface area contributed by atoms with Crippen molar-refractivity contribution < 1.29 is 0 Å². The molecule has 3 N–H and O–H groups in total. The molecule has 2 aromatic heterocycles. The Kier molecular flexibility index (Phi) is 1.36. The number of rotatable bonds is 1. The normalized spacial score (nSPS) is 10.4. The molecule has 0 amide bonds. The summed E-state index contributed by atoms with van der Waals surface area (Å²) in [7, 11) is 0. The van der Waals surface area contributed by atoms with E-state index in [0.717, 1.165) is 5.82 Å². The van der Waals surface area contributed by atoms with Gasteiger partial charge in [-0.3, -0.25) is 4.57 Å². The molecule has 0 unspecified atom stereocenters. The molecule has 2 heterocycles. The lowest BCUT2D eigenvalue weighted by molar-refractivity contribution is 0.946. The molecule has 0 spiro atoms. The number of aryl methyl sites for hydroxylation is 1. The van der Waals surface area contributed by atoms with E-state index in [1.807, 2.05) is 17.7 Å².